The second kappa shape index (κ2) is 5.69. The fourth-order valence-corrected chi connectivity index (χ4v) is 2.62. The Morgan fingerprint density at radius 2 is 2.28 bits per heavy atom. The van der Waals surface area contributed by atoms with E-state index >= 15 is 0 Å². The minimum atomic E-state index is -0.500. The van der Waals surface area contributed by atoms with Crippen LogP contribution in [-0.2, 0) is 6.54 Å². The number of benzene rings is 1. The summed E-state index contributed by atoms with van der Waals surface area (Å²) in [5.74, 6) is 0. The van der Waals surface area contributed by atoms with E-state index in [-0.39, 0.29) is 0 Å². The quantitative estimate of drug-likeness (QED) is 0.933. The van der Waals surface area contributed by atoms with Crippen LogP contribution < -0.4 is 4.90 Å². The molecule has 0 radical (unpaired) electrons. The highest BCUT2D eigenvalue weighted by Crippen LogP contribution is 2.29. The molecule has 5 heteroatoms. The van der Waals surface area contributed by atoms with Gasteiger partial charge >= 0.3 is 0 Å². The van der Waals surface area contributed by atoms with Crippen molar-refractivity contribution < 1.29 is 5.11 Å². The van der Waals surface area contributed by atoms with E-state index in [1.165, 1.54) is 0 Å². The molecule has 0 spiro atoms. The molecular formula is C13H15ClN2OS. The number of aliphatic hydroxyl groups excluding tert-OH is 1. The summed E-state index contributed by atoms with van der Waals surface area (Å²) in [6, 6.07) is 5.62. The fourth-order valence-electron chi connectivity index (χ4n) is 1.74. The number of hydrogen-bond acceptors (Lipinski definition) is 4. The zero-order valence-corrected chi connectivity index (χ0v) is 11.9. The van der Waals surface area contributed by atoms with Crippen molar-refractivity contribution >= 4 is 28.6 Å². The highest BCUT2D eigenvalue weighted by Gasteiger charge is 2.10. The van der Waals surface area contributed by atoms with Crippen LogP contribution in [0.2, 0.25) is 5.02 Å². The number of anilines is 1. The Kier molecular flexibility index (Phi) is 4.22. The molecule has 0 aliphatic rings. The first kappa shape index (κ1) is 13.3. The maximum Gasteiger partial charge on any atom is 0.0795 e. The van der Waals surface area contributed by atoms with Gasteiger partial charge in [-0.2, -0.15) is 0 Å². The Balaban J connectivity index is 2.17. The standard InChI is InChI=1S/C13H15ClN2OS/c1-9(17)10-3-4-13(12(14)5-10)16(2)6-11-7-18-8-15-11/h3-5,7-9,17H,6H2,1-2H3/t9-/m0/s1. The average Bonchev–Trinajstić information content (AvgIpc) is 2.81. The largest absolute Gasteiger partial charge is 0.389 e. The van der Waals surface area contributed by atoms with Gasteiger partial charge in [0.2, 0.25) is 0 Å². The van der Waals surface area contributed by atoms with Gasteiger partial charge in [0.05, 0.1) is 34.6 Å². The smallest absolute Gasteiger partial charge is 0.0795 e. The lowest BCUT2D eigenvalue weighted by atomic mass is 10.1. The zero-order valence-electron chi connectivity index (χ0n) is 10.3. The number of thiazole rings is 1. The minimum Gasteiger partial charge on any atom is -0.389 e. The maximum atomic E-state index is 9.50. The predicted molar refractivity (Wildman–Crippen MR) is 76.3 cm³/mol. The van der Waals surface area contributed by atoms with E-state index in [4.69, 9.17) is 11.6 Å². The zero-order chi connectivity index (χ0) is 13.1. The first-order valence-corrected chi connectivity index (χ1v) is 6.95. The van der Waals surface area contributed by atoms with E-state index in [1.807, 2.05) is 35.0 Å². The van der Waals surface area contributed by atoms with Gasteiger partial charge in [0.25, 0.3) is 0 Å². The third-order valence-electron chi connectivity index (χ3n) is 2.75. The topological polar surface area (TPSA) is 36.4 Å². The van der Waals surface area contributed by atoms with E-state index in [9.17, 15) is 5.11 Å². The third-order valence-corrected chi connectivity index (χ3v) is 3.69. The number of nitrogens with zero attached hydrogens (tertiary/aromatic N) is 2. The van der Waals surface area contributed by atoms with Crippen LogP contribution in [0.3, 0.4) is 0 Å². The number of aromatic nitrogens is 1. The highest BCUT2D eigenvalue weighted by molar-refractivity contribution is 7.07. The van der Waals surface area contributed by atoms with E-state index in [0.717, 1.165) is 23.5 Å². The molecule has 0 aliphatic carbocycles. The molecule has 0 amide bonds. The summed E-state index contributed by atoms with van der Waals surface area (Å²) in [6.45, 7) is 2.45. The molecule has 0 unspecified atom stereocenters. The summed E-state index contributed by atoms with van der Waals surface area (Å²) >= 11 is 7.82. The van der Waals surface area contributed by atoms with Gasteiger partial charge in [-0.05, 0) is 24.6 Å². The molecule has 1 N–H and O–H groups in total. The van der Waals surface area contributed by atoms with Crippen molar-refractivity contribution in [3.63, 3.8) is 0 Å². The number of halogens is 1. The lowest BCUT2D eigenvalue weighted by molar-refractivity contribution is 0.199. The van der Waals surface area contributed by atoms with Crippen molar-refractivity contribution in [2.45, 2.75) is 19.6 Å². The van der Waals surface area contributed by atoms with Gasteiger partial charge in [0.1, 0.15) is 0 Å². The molecule has 0 aliphatic heterocycles. The molecule has 18 heavy (non-hydrogen) atoms. The molecule has 0 saturated carbocycles. The second-order valence-corrected chi connectivity index (χ2v) is 5.35. The van der Waals surface area contributed by atoms with E-state index < -0.39 is 6.10 Å². The minimum absolute atomic E-state index is 0.500. The Morgan fingerprint density at radius 1 is 1.50 bits per heavy atom. The summed E-state index contributed by atoms with van der Waals surface area (Å²) in [5, 5.41) is 12.2. The Morgan fingerprint density at radius 3 is 2.83 bits per heavy atom. The van der Waals surface area contributed by atoms with Crippen LogP contribution in [-0.4, -0.2) is 17.1 Å². The Labute approximate surface area is 116 Å². The van der Waals surface area contributed by atoms with E-state index in [2.05, 4.69) is 4.98 Å². The lowest BCUT2D eigenvalue weighted by Gasteiger charge is -2.20. The predicted octanol–water partition coefficient (Wildman–Crippen LogP) is 3.49. The number of hydrogen-bond donors (Lipinski definition) is 1. The second-order valence-electron chi connectivity index (χ2n) is 4.22. The van der Waals surface area contributed by atoms with Crippen LogP contribution in [0.1, 0.15) is 24.3 Å². The van der Waals surface area contributed by atoms with Crippen molar-refractivity contribution in [2.24, 2.45) is 0 Å². The molecule has 2 aromatic rings. The molecule has 1 atom stereocenters. The SMILES string of the molecule is C[C@H](O)c1ccc(N(C)Cc2cscn2)c(Cl)c1. The molecule has 2 rings (SSSR count). The first-order valence-electron chi connectivity index (χ1n) is 5.63. The number of rotatable bonds is 4. The van der Waals surface area contributed by atoms with Gasteiger partial charge in [0.15, 0.2) is 0 Å². The van der Waals surface area contributed by atoms with Gasteiger partial charge in [-0.15, -0.1) is 11.3 Å². The van der Waals surface area contributed by atoms with Crippen LogP contribution in [0.15, 0.2) is 29.1 Å². The van der Waals surface area contributed by atoms with Crippen molar-refractivity contribution in [1.29, 1.82) is 0 Å². The molecular weight excluding hydrogens is 268 g/mol. The van der Waals surface area contributed by atoms with Crippen LogP contribution in [0.25, 0.3) is 0 Å². The highest BCUT2D eigenvalue weighted by atomic mass is 35.5. The monoisotopic (exact) mass is 282 g/mol. The van der Waals surface area contributed by atoms with Crippen molar-refractivity contribution in [3.05, 3.63) is 45.4 Å². The molecule has 0 fully saturated rings. The van der Waals surface area contributed by atoms with Crippen molar-refractivity contribution in [1.82, 2.24) is 4.98 Å². The maximum absolute atomic E-state index is 9.50. The van der Waals surface area contributed by atoms with Gasteiger partial charge in [-0.1, -0.05) is 17.7 Å². The molecule has 1 aromatic heterocycles. The van der Waals surface area contributed by atoms with E-state index in [0.29, 0.717) is 5.02 Å². The van der Waals surface area contributed by atoms with E-state index in [1.54, 1.807) is 24.3 Å². The molecule has 0 bridgehead atoms. The molecule has 3 nitrogen and oxygen atoms in total. The number of aliphatic hydroxyl groups is 1. The fraction of sp³-hybridized carbons (Fsp3) is 0.308. The molecule has 96 valence electrons. The van der Waals surface area contributed by atoms with Crippen LogP contribution in [0.5, 0.6) is 0 Å². The summed E-state index contributed by atoms with van der Waals surface area (Å²) in [5.41, 5.74) is 4.61. The Hall–Kier alpha value is -1.10. The molecule has 1 heterocycles. The van der Waals surface area contributed by atoms with Gasteiger partial charge < -0.3 is 10.0 Å². The van der Waals surface area contributed by atoms with Crippen molar-refractivity contribution in [3.8, 4) is 0 Å². The van der Waals surface area contributed by atoms with Gasteiger partial charge in [0, 0.05) is 12.4 Å². The van der Waals surface area contributed by atoms with Crippen LogP contribution in [0, 0.1) is 0 Å². The summed E-state index contributed by atoms with van der Waals surface area (Å²) in [4.78, 5) is 6.30. The summed E-state index contributed by atoms with van der Waals surface area (Å²) < 4.78 is 0. The van der Waals surface area contributed by atoms with Gasteiger partial charge in [-0.25, -0.2) is 4.98 Å². The molecule has 1 aromatic carbocycles. The van der Waals surface area contributed by atoms with Crippen LogP contribution >= 0.6 is 22.9 Å². The van der Waals surface area contributed by atoms with Crippen molar-refractivity contribution in [2.75, 3.05) is 11.9 Å². The Bertz CT molecular complexity index is 514. The summed E-state index contributed by atoms with van der Waals surface area (Å²) in [6.07, 6.45) is -0.500. The summed E-state index contributed by atoms with van der Waals surface area (Å²) in [7, 11) is 1.97. The first-order chi connectivity index (χ1) is 8.58. The third kappa shape index (κ3) is 3.02. The lowest BCUT2D eigenvalue weighted by Crippen LogP contribution is -2.17. The average molecular weight is 283 g/mol. The molecule has 0 saturated heterocycles. The normalized spacial score (nSPS) is 12.4. The van der Waals surface area contributed by atoms with Crippen LogP contribution in [0.4, 0.5) is 5.69 Å². The van der Waals surface area contributed by atoms with Gasteiger partial charge in [-0.3, -0.25) is 0 Å².